The van der Waals surface area contributed by atoms with Crippen LogP contribution in [-0.2, 0) is 4.79 Å². The van der Waals surface area contributed by atoms with Gasteiger partial charge in [0.2, 0.25) is 5.91 Å². The van der Waals surface area contributed by atoms with Gasteiger partial charge in [0.1, 0.15) is 0 Å². The van der Waals surface area contributed by atoms with Gasteiger partial charge in [0.25, 0.3) is 0 Å². The first-order valence-electron chi connectivity index (χ1n) is 4.30. The Morgan fingerprint density at radius 1 is 1.42 bits per heavy atom. The molecule has 0 aromatic heterocycles. The number of carbonyl (C=O) groups excluding carboxylic acids is 1. The normalized spacial score (nSPS) is 17.8. The monoisotopic (exact) mass is 169 g/mol. The van der Waals surface area contributed by atoms with Gasteiger partial charge in [0.05, 0.1) is 6.34 Å². The van der Waals surface area contributed by atoms with Gasteiger partial charge >= 0.3 is 0 Å². The smallest absolute Gasteiger partial charge is 0.222 e. The van der Waals surface area contributed by atoms with Crippen molar-refractivity contribution in [1.82, 2.24) is 9.80 Å². The molecular weight excluding hydrogens is 154 g/mol. The zero-order valence-corrected chi connectivity index (χ0v) is 7.42. The number of carbonyl (C=O) groups is 1. The number of nitrogens with one attached hydrogen (secondary N) is 1. The van der Waals surface area contributed by atoms with Crippen molar-refractivity contribution in [2.24, 2.45) is 0 Å². The molecule has 4 heteroatoms. The number of amides is 1. The van der Waals surface area contributed by atoms with Crippen LogP contribution in [0.2, 0.25) is 0 Å². The lowest BCUT2D eigenvalue weighted by Gasteiger charge is -2.33. The Kier molecular flexibility index (Phi) is 3.08. The van der Waals surface area contributed by atoms with E-state index in [4.69, 9.17) is 5.41 Å². The van der Waals surface area contributed by atoms with Crippen LogP contribution in [-0.4, -0.2) is 48.2 Å². The summed E-state index contributed by atoms with van der Waals surface area (Å²) in [5, 5.41) is 7.01. The highest BCUT2D eigenvalue weighted by Gasteiger charge is 2.17. The standard InChI is InChI=1S/C8H15N3O/c1-2-8(12)11-5-3-10(7-9)4-6-11/h7,9H,2-6H2,1H3. The molecule has 4 nitrogen and oxygen atoms in total. The predicted octanol–water partition coefficient (Wildman–Crippen LogP) is 0.148. The van der Waals surface area contributed by atoms with Crippen molar-refractivity contribution in [1.29, 1.82) is 5.41 Å². The van der Waals surface area contributed by atoms with E-state index in [2.05, 4.69) is 0 Å². The maximum absolute atomic E-state index is 11.2. The molecule has 0 spiro atoms. The topological polar surface area (TPSA) is 47.4 Å². The zero-order chi connectivity index (χ0) is 8.97. The number of rotatable bonds is 2. The van der Waals surface area contributed by atoms with E-state index >= 15 is 0 Å². The summed E-state index contributed by atoms with van der Waals surface area (Å²) < 4.78 is 0. The second kappa shape index (κ2) is 4.09. The second-order valence-corrected chi connectivity index (χ2v) is 2.90. The molecule has 1 saturated heterocycles. The van der Waals surface area contributed by atoms with E-state index in [-0.39, 0.29) is 5.91 Å². The molecule has 0 saturated carbocycles. The van der Waals surface area contributed by atoms with Crippen LogP contribution in [0.25, 0.3) is 0 Å². The van der Waals surface area contributed by atoms with Crippen LogP contribution in [0.5, 0.6) is 0 Å². The molecule has 1 heterocycles. The molecule has 0 radical (unpaired) electrons. The average molecular weight is 169 g/mol. The van der Waals surface area contributed by atoms with Crippen LogP contribution in [0, 0.1) is 5.41 Å². The van der Waals surface area contributed by atoms with E-state index in [0.717, 1.165) is 26.2 Å². The number of hydrogen-bond donors (Lipinski definition) is 1. The highest BCUT2D eigenvalue weighted by Crippen LogP contribution is 2.01. The Bertz CT molecular complexity index is 173. The average Bonchev–Trinajstić information content (AvgIpc) is 2.17. The maximum Gasteiger partial charge on any atom is 0.222 e. The quantitative estimate of drug-likeness (QED) is 0.472. The van der Waals surface area contributed by atoms with Gasteiger partial charge in [-0.3, -0.25) is 10.2 Å². The molecule has 1 aliphatic heterocycles. The summed E-state index contributed by atoms with van der Waals surface area (Å²) in [5.74, 6) is 0.222. The van der Waals surface area contributed by atoms with Crippen molar-refractivity contribution in [3.05, 3.63) is 0 Å². The molecular formula is C8H15N3O. The Hall–Kier alpha value is -1.06. The van der Waals surface area contributed by atoms with E-state index in [1.165, 1.54) is 6.34 Å². The minimum Gasteiger partial charge on any atom is -0.360 e. The molecule has 0 unspecified atom stereocenters. The van der Waals surface area contributed by atoms with Gasteiger partial charge in [-0.15, -0.1) is 0 Å². The lowest BCUT2D eigenvalue weighted by atomic mass is 10.3. The molecule has 0 bridgehead atoms. The summed E-state index contributed by atoms with van der Waals surface area (Å²) >= 11 is 0. The SMILES string of the molecule is CCC(=O)N1CCN(C=N)CC1. The molecule has 1 amide bonds. The molecule has 1 rings (SSSR count). The summed E-state index contributed by atoms with van der Waals surface area (Å²) in [6.45, 7) is 5.01. The molecule has 1 aliphatic rings. The number of piperazine rings is 1. The third-order valence-corrected chi connectivity index (χ3v) is 2.15. The van der Waals surface area contributed by atoms with E-state index < -0.39 is 0 Å². The van der Waals surface area contributed by atoms with Crippen molar-refractivity contribution in [2.45, 2.75) is 13.3 Å². The molecule has 0 aromatic carbocycles. The Labute approximate surface area is 72.7 Å². The zero-order valence-electron chi connectivity index (χ0n) is 7.42. The number of nitrogens with zero attached hydrogens (tertiary/aromatic N) is 2. The first kappa shape index (κ1) is 9.03. The Morgan fingerprint density at radius 3 is 2.42 bits per heavy atom. The molecule has 1 N–H and O–H groups in total. The summed E-state index contributed by atoms with van der Waals surface area (Å²) in [7, 11) is 0. The van der Waals surface area contributed by atoms with Crippen LogP contribution in [0.1, 0.15) is 13.3 Å². The molecule has 1 fully saturated rings. The minimum absolute atomic E-state index is 0.222. The third-order valence-electron chi connectivity index (χ3n) is 2.15. The fraction of sp³-hybridized carbons (Fsp3) is 0.750. The largest absolute Gasteiger partial charge is 0.360 e. The van der Waals surface area contributed by atoms with Crippen LogP contribution < -0.4 is 0 Å². The highest BCUT2D eigenvalue weighted by atomic mass is 16.2. The van der Waals surface area contributed by atoms with Crippen LogP contribution in [0.15, 0.2) is 0 Å². The van der Waals surface area contributed by atoms with E-state index in [1.54, 1.807) is 0 Å². The Morgan fingerprint density at radius 2 is 2.00 bits per heavy atom. The van der Waals surface area contributed by atoms with Crippen molar-refractivity contribution < 1.29 is 4.79 Å². The lowest BCUT2D eigenvalue weighted by molar-refractivity contribution is -0.132. The molecule has 0 aromatic rings. The van der Waals surface area contributed by atoms with Gasteiger partial charge in [-0.2, -0.15) is 0 Å². The van der Waals surface area contributed by atoms with Gasteiger partial charge < -0.3 is 9.80 Å². The van der Waals surface area contributed by atoms with Crippen molar-refractivity contribution in [3.63, 3.8) is 0 Å². The summed E-state index contributed by atoms with van der Waals surface area (Å²) in [4.78, 5) is 15.0. The molecule has 68 valence electrons. The highest BCUT2D eigenvalue weighted by molar-refractivity contribution is 5.76. The fourth-order valence-electron chi connectivity index (χ4n) is 1.32. The molecule has 12 heavy (non-hydrogen) atoms. The summed E-state index contributed by atoms with van der Waals surface area (Å²) in [6.07, 6.45) is 1.93. The van der Waals surface area contributed by atoms with E-state index in [9.17, 15) is 4.79 Å². The van der Waals surface area contributed by atoms with E-state index in [1.807, 2.05) is 16.7 Å². The Balaban J connectivity index is 2.35. The minimum atomic E-state index is 0.222. The van der Waals surface area contributed by atoms with Gasteiger partial charge in [-0.25, -0.2) is 0 Å². The molecule has 0 atom stereocenters. The predicted molar refractivity (Wildman–Crippen MR) is 47.2 cm³/mol. The third kappa shape index (κ3) is 1.96. The fourth-order valence-corrected chi connectivity index (χ4v) is 1.32. The lowest BCUT2D eigenvalue weighted by Crippen LogP contribution is -2.47. The van der Waals surface area contributed by atoms with Crippen LogP contribution in [0.3, 0.4) is 0 Å². The molecule has 0 aliphatic carbocycles. The van der Waals surface area contributed by atoms with Crippen molar-refractivity contribution in [3.8, 4) is 0 Å². The summed E-state index contributed by atoms with van der Waals surface area (Å²) in [5.41, 5.74) is 0. The van der Waals surface area contributed by atoms with Gasteiger partial charge in [-0.05, 0) is 0 Å². The van der Waals surface area contributed by atoms with Crippen molar-refractivity contribution >= 4 is 12.2 Å². The van der Waals surface area contributed by atoms with Crippen LogP contribution >= 0.6 is 0 Å². The van der Waals surface area contributed by atoms with Gasteiger partial charge in [0.15, 0.2) is 0 Å². The second-order valence-electron chi connectivity index (χ2n) is 2.90. The van der Waals surface area contributed by atoms with Crippen LogP contribution in [0.4, 0.5) is 0 Å². The van der Waals surface area contributed by atoms with Gasteiger partial charge in [0, 0.05) is 32.6 Å². The van der Waals surface area contributed by atoms with Crippen molar-refractivity contribution in [2.75, 3.05) is 26.2 Å². The maximum atomic E-state index is 11.2. The summed E-state index contributed by atoms with van der Waals surface area (Å²) in [6, 6.07) is 0. The first-order valence-corrected chi connectivity index (χ1v) is 4.30. The number of hydrogen-bond acceptors (Lipinski definition) is 2. The first-order chi connectivity index (χ1) is 5.77. The van der Waals surface area contributed by atoms with Gasteiger partial charge in [-0.1, -0.05) is 6.92 Å². The van der Waals surface area contributed by atoms with E-state index in [0.29, 0.717) is 6.42 Å².